The summed E-state index contributed by atoms with van der Waals surface area (Å²) in [5.74, 6) is -0.170. The lowest BCUT2D eigenvalue weighted by molar-refractivity contribution is -0.166. The van der Waals surface area contributed by atoms with Gasteiger partial charge in [-0.15, -0.1) is 12.4 Å². The monoisotopic (exact) mass is 431 g/mol. The van der Waals surface area contributed by atoms with Gasteiger partial charge < -0.3 is 21.1 Å². The molecule has 1 aromatic rings. The summed E-state index contributed by atoms with van der Waals surface area (Å²) in [6.45, 7) is 11.0. The first kappa shape index (κ1) is 24.7. The van der Waals surface area contributed by atoms with Crippen LogP contribution in [0.15, 0.2) is 18.2 Å². The van der Waals surface area contributed by atoms with E-state index in [2.05, 4.69) is 10.6 Å². The number of carbonyl (C=O) groups excluding carboxylic acids is 2. The molecule has 0 aromatic heterocycles. The number of anilines is 1. The van der Waals surface area contributed by atoms with Crippen molar-refractivity contribution in [3.8, 4) is 0 Å². The molecular weight excluding hydrogens is 401 g/mol. The van der Waals surface area contributed by atoms with Crippen LogP contribution in [0.5, 0.6) is 0 Å². The molecule has 1 aliphatic rings. The largest absolute Gasteiger partial charge is 0.378 e. The van der Waals surface area contributed by atoms with Gasteiger partial charge in [0.2, 0.25) is 5.91 Å². The van der Waals surface area contributed by atoms with E-state index in [0.29, 0.717) is 36.7 Å². The lowest BCUT2D eigenvalue weighted by atomic mass is 9.54. The zero-order chi connectivity index (χ0) is 20.4. The highest BCUT2D eigenvalue weighted by molar-refractivity contribution is 6.34. The second kappa shape index (κ2) is 9.44. The summed E-state index contributed by atoms with van der Waals surface area (Å²) < 4.78 is 5.66. The van der Waals surface area contributed by atoms with Crippen molar-refractivity contribution >= 4 is 41.5 Å². The number of amides is 2. The summed E-state index contributed by atoms with van der Waals surface area (Å²) in [5, 5.41) is 5.93. The fourth-order valence-corrected chi connectivity index (χ4v) is 3.50. The second-order valence-corrected chi connectivity index (χ2v) is 8.50. The van der Waals surface area contributed by atoms with Crippen LogP contribution in [0.4, 0.5) is 5.69 Å². The van der Waals surface area contributed by atoms with Gasteiger partial charge in [0, 0.05) is 30.7 Å². The maximum Gasteiger partial charge on any atom is 0.252 e. The van der Waals surface area contributed by atoms with Crippen molar-refractivity contribution < 1.29 is 14.3 Å². The molecule has 0 aliphatic heterocycles. The van der Waals surface area contributed by atoms with Gasteiger partial charge in [-0.05, 0) is 31.0 Å². The van der Waals surface area contributed by atoms with Crippen LogP contribution >= 0.6 is 24.0 Å². The van der Waals surface area contributed by atoms with Crippen LogP contribution in [0.2, 0.25) is 5.02 Å². The molecule has 1 fully saturated rings. The Morgan fingerprint density at radius 2 is 2.00 bits per heavy atom. The third kappa shape index (κ3) is 4.79. The molecule has 0 saturated heterocycles. The van der Waals surface area contributed by atoms with Gasteiger partial charge in [-0.2, -0.15) is 0 Å². The summed E-state index contributed by atoms with van der Waals surface area (Å²) in [7, 11) is 0. The summed E-state index contributed by atoms with van der Waals surface area (Å²) in [4.78, 5) is 25.0. The van der Waals surface area contributed by atoms with Crippen molar-refractivity contribution in [3.63, 3.8) is 0 Å². The molecule has 0 bridgehead atoms. The van der Waals surface area contributed by atoms with E-state index in [1.165, 1.54) is 0 Å². The summed E-state index contributed by atoms with van der Waals surface area (Å²) in [5.41, 5.74) is 5.77. The van der Waals surface area contributed by atoms with E-state index in [-0.39, 0.29) is 35.3 Å². The van der Waals surface area contributed by atoms with Crippen LogP contribution in [-0.4, -0.2) is 36.6 Å². The Labute approximate surface area is 178 Å². The Balaban J connectivity index is 0.00000392. The first-order valence-electron chi connectivity index (χ1n) is 9.32. The van der Waals surface area contributed by atoms with Gasteiger partial charge in [-0.1, -0.05) is 39.3 Å². The van der Waals surface area contributed by atoms with E-state index in [9.17, 15) is 9.59 Å². The molecule has 8 heteroatoms. The van der Waals surface area contributed by atoms with Gasteiger partial charge in [-0.25, -0.2) is 0 Å². The lowest BCUT2D eigenvalue weighted by Gasteiger charge is -2.57. The number of ether oxygens (including phenoxy) is 1. The van der Waals surface area contributed by atoms with Crippen LogP contribution in [0, 0.1) is 11.3 Å². The zero-order valence-electron chi connectivity index (χ0n) is 17.1. The molecule has 2 rings (SSSR count). The Kier molecular flexibility index (Phi) is 8.33. The maximum atomic E-state index is 12.8. The average Bonchev–Trinajstić information content (AvgIpc) is 2.59. The molecule has 0 spiro atoms. The minimum absolute atomic E-state index is 0. The van der Waals surface area contributed by atoms with Gasteiger partial charge in [0.1, 0.15) is 5.54 Å². The van der Waals surface area contributed by atoms with E-state index in [0.717, 1.165) is 0 Å². The Morgan fingerprint density at radius 3 is 2.50 bits per heavy atom. The van der Waals surface area contributed by atoms with E-state index in [4.69, 9.17) is 22.1 Å². The SMILES string of the molecule is CCOC1CC(N)(C(=O)Nc2ccc(C(=O)NCC(C)C)c(Cl)c2)C1(C)C.Cl. The quantitative estimate of drug-likeness (QED) is 0.614. The molecule has 1 aliphatic carbocycles. The zero-order valence-corrected chi connectivity index (χ0v) is 18.7. The number of hydrogen-bond donors (Lipinski definition) is 3. The van der Waals surface area contributed by atoms with Crippen LogP contribution in [0.25, 0.3) is 0 Å². The Hall–Kier alpha value is -1.34. The number of halogens is 2. The van der Waals surface area contributed by atoms with Crippen LogP contribution in [0.3, 0.4) is 0 Å². The van der Waals surface area contributed by atoms with Crippen molar-refractivity contribution in [2.45, 2.75) is 52.7 Å². The normalized spacial score (nSPS) is 22.8. The van der Waals surface area contributed by atoms with E-state index in [1.807, 2.05) is 34.6 Å². The molecule has 1 saturated carbocycles. The van der Waals surface area contributed by atoms with Crippen LogP contribution in [-0.2, 0) is 9.53 Å². The minimum Gasteiger partial charge on any atom is -0.378 e. The first-order chi connectivity index (χ1) is 12.5. The van der Waals surface area contributed by atoms with E-state index < -0.39 is 11.0 Å². The average molecular weight is 432 g/mol. The van der Waals surface area contributed by atoms with Gasteiger partial charge in [0.05, 0.1) is 16.7 Å². The Morgan fingerprint density at radius 1 is 1.36 bits per heavy atom. The predicted octanol–water partition coefficient (Wildman–Crippen LogP) is 3.62. The fourth-order valence-electron chi connectivity index (χ4n) is 3.23. The van der Waals surface area contributed by atoms with Crippen molar-refractivity contribution in [1.82, 2.24) is 5.32 Å². The smallest absolute Gasteiger partial charge is 0.252 e. The van der Waals surface area contributed by atoms with Gasteiger partial charge in [-0.3, -0.25) is 9.59 Å². The van der Waals surface area contributed by atoms with Gasteiger partial charge in [0.25, 0.3) is 5.91 Å². The highest BCUT2D eigenvalue weighted by atomic mass is 35.5. The molecule has 0 radical (unpaired) electrons. The van der Waals surface area contributed by atoms with Crippen molar-refractivity contribution in [1.29, 1.82) is 0 Å². The molecule has 6 nitrogen and oxygen atoms in total. The van der Waals surface area contributed by atoms with E-state index in [1.54, 1.807) is 18.2 Å². The van der Waals surface area contributed by atoms with Crippen LogP contribution < -0.4 is 16.4 Å². The molecule has 2 atom stereocenters. The highest BCUT2D eigenvalue weighted by Gasteiger charge is 2.62. The van der Waals surface area contributed by atoms with Gasteiger partial charge in [0.15, 0.2) is 0 Å². The molecule has 2 amide bonds. The number of carbonyl (C=O) groups is 2. The number of rotatable bonds is 7. The fraction of sp³-hybridized carbons (Fsp3) is 0.600. The molecule has 1 aromatic carbocycles. The first-order valence-corrected chi connectivity index (χ1v) is 9.70. The van der Waals surface area contributed by atoms with E-state index >= 15 is 0 Å². The number of nitrogens with one attached hydrogen (secondary N) is 2. The molecule has 4 N–H and O–H groups in total. The predicted molar refractivity (Wildman–Crippen MR) is 115 cm³/mol. The molecular formula is C20H31Cl2N3O3. The second-order valence-electron chi connectivity index (χ2n) is 8.09. The lowest BCUT2D eigenvalue weighted by Crippen LogP contribution is -2.74. The van der Waals surface area contributed by atoms with Crippen LogP contribution in [0.1, 0.15) is 51.4 Å². The summed E-state index contributed by atoms with van der Waals surface area (Å²) in [6.07, 6.45) is 0.414. The third-order valence-electron chi connectivity index (χ3n) is 5.38. The molecule has 0 heterocycles. The molecule has 28 heavy (non-hydrogen) atoms. The van der Waals surface area contributed by atoms with Crippen molar-refractivity contribution in [2.24, 2.45) is 17.1 Å². The Bertz CT molecular complexity index is 725. The van der Waals surface area contributed by atoms with Gasteiger partial charge >= 0.3 is 0 Å². The molecule has 2 unspecified atom stereocenters. The number of benzene rings is 1. The summed E-state index contributed by atoms with van der Waals surface area (Å²) >= 11 is 6.24. The standard InChI is InChI=1S/C20H30ClN3O3.ClH/c1-6-27-16-10-20(22,19(16,4)5)18(26)24-13-7-8-14(15(21)9-13)17(25)23-11-12(2)3;/h7-9,12,16H,6,10-11,22H2,1-5H3,(H,23,25)(H,24,26);1H. The van der Waals surface area contributed by atoms with Crippen molar-refractivity contribution in [2.75, 3.05) is 18.5 Å². The third-order valence-corrected chi connectivity index (χ3v) is 5.69. The summed E-state index contributed by atoms with van der Waals surface area (Å²) in [6, 6.07) is 4.83. The minimum atomic E-state index is -1.02. The van der Waals surface area contributed by atoms with Crippen molar-refractivity contribution in [3.05, 3.63) is 28.8 Å². The highest BCUT2D eigenvalue weighted by Crippen LogP contribution is 2.50. The number of hydrogen-bond acceptors (Lipinski definition) is 4. The topological polar surface area (TPSA) is 93.4 Å². The molecule has 158 valence electrons. The number of nitrogens with two attached hydrogens (primary N) is 1. The maximum absolute atomic E-state index is 12.8.